The highest BCUT2D eigenvalue weighted by molar-refractivity contribution is 5.85. The largest absolute Gasteiger partial charge is 0.338 e. The molecule has 0 N–H and O–H groups in total. The van der Waals surface area contributed by atoms with E-state index in [1.807, 2.05) is 29.3 Å². The molecule has 2 aromatic rings. The van der Waals surface area contributed by atoms with Gasteiger partial charge in [0.1, 0.15) is 0 Å². The standard InChI is InChI=1S/C20H24N2O/c1-2-3-13-22(15-16-7-6-12-21-14-16)20(23)19-11-10-17-8-4-5-9-18(17)19/h4-9,12,14,19H,2-3,10-11,13,15H2,1H3. The molecule has 0 saturated heterocycles. The smallest absolute Gasteiger partial charge is 0.230 e. The molecule has 0 aliphatic heterocycles. The van der Waals surface area contributed by atoms with Gasteiger partial charge in [-0.3, -0.25) is 9.78 Å². The van der Waals surface area contributed by atoms with Gasteiger partial charge in [-0.15, -0.1) is 0 Å². The Kier molecular flexibility index (Phi) is 5.06. The number of rotatable bonds is 6. The molecule has 23 heavy (non-hydrogen) atoms. The third-order valence-electron chi connectivity index (χ3n) is 4.62. The summed E-state index contributed by atoms with van der Waals surface area (Å²) >= 11 is 0. The summed E-state index contributed by atoms with van der Waals surface area (Å²) in [6.07, 6.45) is 7.72. The molecule has 120 valence electrons. The summed E-state index contributed by atoms with van der Waals surface area (Å²) in [4.78, 5) is 19.3. The fourth-order valence-corrected chi connectivity index (χ4v) is 3.36. The summed E-state index contributed by atoms with van der Waals surface area (Å²) in [6, 6.07) is 12.4. The van der Waals surface area contributed by atoms with E-state index < -0.39 is 0 Å². The zero-order valence-electron chi connectivity index (χ0n) is 13.7. The molecule has 0 radical (unpaired) electrons. The Bertz CT molecular complexity index is 654. The number of carbonyl (C=O) groups excluding carboxylic acids is 1. The fraction of sp³-hybridized carbons (Fsp3) is 0.400. The van der Waals surface area contributed by atoms with Crippen LogP contribution in [0, 0.1) is 0 Å². The number of aromatic nitrogens is 1. The lowest BCUT2D eigenvalue weighted by Crippen LogP contribution is -2.35. The predicted octanol–water partition coefficient (Wildman–Crippen LogP) is 3.94. The Morgan fingerprint density at radius 3 is 2.91 bits per heavy atom. The molecule has 1 aliphatic rings. The number of hydrogen-bond acceptors (Lipinski definition) is 2. The Balaban J connectivity index is 1.78. The first kappa shape index (κ1) is 15.7. The molecule has 1 aromatic carbocycles. The molecule has 1 aromatic heterocycles. The molecule has 3 heteroatoms. The number of benzene rings is 1. The van der Waals surface area contributed by atoms with Crippen LogP contribution in [0.1, 0.15) is 48.8 Å². The first-order chi connectivity index (χ1) is 11.3. The van der Waals surface area contributed by atoms with Crippen molar-refractivity contribution >= 4 is 5.91 Å². The normalized spacial score (nSPS) is 16.1. The summed E-state index contributed by atoms with van der Waals surface area (Å²) in [5, 5.41) is 0. The van der Waals surface area contributed by atoms with Gasteiger partial charge < -0.3 is 4.90 Å². The van der Waals surface area contributed by atoms with E-state index >= 15 is 0 Å². The van der Waals surface area contributed by atoms with Gasteiger partial charge in [0, 0.05) is 25.5 Å². The lowest BCUT2D eigenvalue weighted by atomic mass is 9.99. The Morgan fingerprint density at radius 1 is 1.26 bits per heavy atom. The molecule has 3 rings (SSSR count). The Labute approximate surface area is 138 Å². The van der Waals surface area contributed by atoms with Gasteiger partial charge in [-0.1, -0.05) is 43.7 Å². The second-order valence-corrected chi connectivity index (χ2v) is 6.26. The van der Waals surface area contributed by atoms with Crippen molar-refractivity contribution in [2.75, 3.05) is 6.54 Å². The lowest BCUT2D eigenvalue weighted by Gasteiger charge is -2.26. The highest BCUT2D eigenvalue weighted by atomic mass is 16.2. The third kappa shape index (κ3) is 3.61. The van der Waals surface area contributed by atoms with Gasteiger partial charge in [0.05, 0.1) is 5.92 Å². The number of fused-ring (bicyclic) bond motifs is 1. The van der Waals surface area contributed by atoms with E-state index in [0.29, 0.717) is 6.54 Å². The van der Waals surface area contributed by atoms with Crippen molar-refractivity contribution in [3.05, 3.63) is 65.5 Å². The molecule has 1 heterocycles. The van der Waals surface area contributed by atoms with E-state index in [-0.39, 0.29) is 11.8 Å². The van der Waals surface area contributed by atoms with Crippen LogP contribution in [0.5, 0.6) is 0 Å². The highest BCUT2D eigenvalue weighted by Gasteiger charge is 2.31. The van der Waals surface area contributed by atoms with E-state index in [4.69, 9.17) is 0 Å². The van der Waals surface area contributed by atoms with Crippen molar-refractivity contribution in [3.8, 4) is 0 Å². The van der Waals surface area contributed by atoms with Gasteiger partial charge in [-0.25, -0.2) is 0 Å². The Morgan fingerprint density at radius 2 is 2.13 bits per heavy atom. The molecule has 0 spiro atoms. The van der Waals surface area contributed by atoms with E-state index in [2.05, 4.69) is 30.1 Å². The van der Waals surface area contributed by atoms with Crippen LogP contribution in [-0.4, -0.2) is 22.3 Å². The average Bonchev–Trinajstić information content (AvgIpc) is 3.03. The topological polar surface area (TPSA) is 33.2 Å². The second kappa shape index (κ2) is 7.40. The van der Waals surface area contributed by atoms with E-state index in [9.17, 15) is 4.79 Å². The van der Waals surface area contributed by atoms with Crippen molar-refractivity contribution < 1.29 is 4.79 Å². The van der Waals surface area contributed by atoms with Crippen LogP contribution in [0.25, 0.3) is 0 Å². The van der Waals surface area contributed by atoms with Crippen LogP contribution in [0.15, 0.2) is 48.8 Å². The van der Waals surface area contributed by atoms with Crippen LogP contribution >= 0.6 is 0 Å². The molecule has 1 amide bonds. The van der Waals surface area contributed by atoms with Crippen LogP contribution in [-0.2, 0) is 17.8 Å². The van der Waals surface area contributed by atoms with Crippen LogP contribution in [0.3, 0.4) is 0 Å². The SMILES string of the molecule is CCCCN(Cc1cccnc1)C(=O)C1CCc2ccccc21. The van der Waals surface area contributed by atoms with E-state index in [1.165, 1.54) is 11.1 Å². The first-order valence-corrected chi connectivity index (χ1v) is 8.55. The minimum Gasteiger partial charge on any atom is -0.338 e. The fourth-order valence-electron chi connectivity index (χ4n) is 3.36. The van der Waals surface area contributed by atoms with Gasteiger partial charge in [0.25, 0.3) is 0 Å². The van der Waals surface area contributed by atoms with Gasteiger partial charge in [0.15, 0.2) is 0 Å². The number of aryl methyl sites for hydroxylation is 1. The maximum Gasteiger partial charge on any atom is 0.230 e. The number of amides is 1. The van der Waals surface area contributed by atoms with Crippen molar-refractivity contribution in [2.24, 2.45) is 0 Å². The summed E-state index contributed by atoms with van der Waals surface area (Å²) in [6.45, 7) is 3.64. The molecular formula is C20H24N2O. The minimum absolute atomic E-state index is 0.0275. The number of carbonyl (C=O) groups is 1. The van der Waals surface area contributed by atoms with Gasteiger partial charge in [0.2, 0.25) is 5.91 Å². The molecule has 1 atom stereocenters. The highest BCUT2D eigenvalue weighted by Crippen LogP contribution is 2.34. The lowest BCUT2D eigenvalue weighted by molar-refractivity contribution is -0.133. The number of hydrogen-bond donors (Lipinski definition) is 0. The van der Waals surface area contributed by atoms with Gasteiger partial charge in [-0.05, 0) is 42.0 Å². The second-order valence-electron chi connectivity index (χ2n) is 6.26. The Hall–Kier alpha value is -2.16. The minimum atomic E-state index is 0.0275. The quantitative estimate of drug-likeness (QED) is 0.810. The van der Waals surface area contributed by atoms with Crippen LogP contribution in [0.4, 0.5) is 0 Å². The average molecular weight is 308 g/mol. The van der Waals surface area contributed by atoms with Crippen molar-refractivity contribution in [3.63, 3.8) is 0 Å². The molecule has 1 unspecified atom stereocenters. The van der Waals surface area contributed by atoms with Crippen LogP contribution in [0.2, 0.25) is 0 Å². The zero-order chi connectivity index (χ0) is 16.1. The van der Waals surface area contributed by atoms with Crippen molar-refractivity contribution in [1.29, 1.82) is 0 Å². The summed E-state index contributed by atoms with van der Waals surface area (Å²) in [5.41, 5.74) is 3.66. The number of nitrogens with zero attached hydrogens (tertiary/aromatic N) is 2. The molecule has 0 fully saturated rings. The predicted molar refractivity (Wildman–Crippen MR) is 92.1 cm³/mol. The van der Waals surface area contributed by atoms with Gasteiger partial charge in [-0.2, -0.15) is 0 Å². The maximum absolute atomic E-state index is 13.1. The zero-order valence-corrected chi connectivity index (χ0v) is 13.7. The van der Waals surface area contributed by atoms with Crippen molar-refractivity contribution in [2.45, 2.75) is 45.1 Å². The van der Waals surface area contributed by atoms with E-state index in [1.54, 1.807) is 6.20 Å². The molecule has 0 bridgehead atoms. The molecule has 3 nitrogen and oxygen atoms in total. The molecule has 0 saturated carbocycles. The molecule has 1 aliphatic carbocycles. The number of pyridine rings is 1. The van der Waals surface area contributed by atoms with Crippen LogP contribution < -0.4 is 0 Å². The maximum atomic E-state index is 13.1. The molecular weight excluding hydrogens is 284 g/mol. The van der Waals surface area contributed by atoms with Gasteiger partial charge >= 0.3 is 0 Å². The first-order valence-electron chi connectivity index (χ1n) is 8.55. The summed E-state index contributed by atoms with van der Waals surface area (Å²) in [5.74, 6) is 0.298. The number of unbranched alkanes of at least 4 members (excludes halogenated alkanes) is 1. The van der Waals surface area contributed by atoms with Crippen molar-refractivity contribution in [1.82, 2.24) is 9.88 Å². The third-order valence-corrected chi connectivity index (χ3v) is 4.62. The summed E-state index contributed by atoms with van der Waals surface area (Å²) < 4.78 is 0. The summed E-state index contributed by atoms with van der Waals surface area (Å²) in [7, 11) is 0. The van der Waals surface area contributed by atoms with E-state index in [0.717, 1.165) is 37.8 Å². The monoisotopic (exact) mass is 308 g/mol.